The van der Waals surface area contributed by atoms with E-state index >= 15 is 0 Å². The molecule has 0 aromatic heterocycles. The molecule has 2 saturated heterocycles. The number of piperidine rings is 1. The fraction of sp³-hybridized carbons (Fsp3) is 0.950. The molecule has 0 aromatic rings. The van der Waals surface area contributed by atoms with Crippen molar-refractivity contribution in [1.29, 1.82) is 0 Å². The molecule has 25 heavy (non-hydrogen) atoms. The molecular weight excluding hydrogens is 314 g/mol. The summed E-state index contributed by atoms with van der Waals surface area (Å²) in [6.45, 7) is 9.90. The molecule has 3 fully saturated rings. The topological polar surface area (TPSA) is 57.1 Å². The van der Waals surface area contributed by atoms with Crippen LogP contribution in [0.3, 0.4) is 0 Å². The van der Waals surface area contributed by atoms with Crippen LogP contribution in [0.25, 0.3) is 0 Å². The van der Waals surface area contributed by atoms with E-state index in [9.17, 15) is 5.11 Å². The SMILES string of the molecule is CCNC(=NCC1(C)CCCCC1O)N1CCCC2(CCCOC2)C1. The highest BCUT2D eigenvalue weighted by Gasteiger charge is 2.39. The predicted molar refractivity (Wildman–Crippen MR) is 102 cm³/mol. The normalized spacial score (nSPS) is 37.3. The van der Waals surface area contributed by atoms with Gasteiger partial charge in [-0.3, -0.25) is 4.99 Å². The maximum Gasteiger partial charge on any atom is 0.193 e. The third-order valence-electron chi connectivity index (χ3n) is 6.57. The molecule has 3 atom stereocenters. The summed E-state index contributed by atoms with van der Waals surface area (Å²) in [7, 11) is 0. The van der Waals surface area contributed by atoms with E-state index < -0.39 is 0 Å². The van der Waals surface area contributed by atoms with Crippen molar-refractivity contribution in [3.63, 3.8) is 0 Å². The molecule has 5 nitrogen and oxygen atoms in total. The molecule has 0 aromatic carbocycles. The first kappa shape index (κ1) is 19.0. The first-order valence-corrected chi connectivity index (χ1v) is 10.4. The minimum Gasteiger partial charge on any atom is -0.392 e. The smallest absolute Gasteiger partial charge is 0.193 e. The number of aliphatic imine (C=N–C) groups is 1. The van der Waals surface area contributed by atoms with Crippen molar-refractivity contribution in [1.82, 2.24) is 10.2 Å². The molecular formula is C20H37N3O2. The average molecular weight is 352 g/mol. The van der Waals surface area contributed by atoms with Crippen LogP contribution in [0.1, 0.15) is 65.2 Å². The Balaban J connectivity index is 1.69. The predicted octanol–water partition coefficient (Wildman–Crippen LogP) is 2.79. The number of nitrogens with zero attached hydrogens (tertiary/aromatic N) is 2. The van der Waals surface area contributed by atoms with Crippen LogP contribution in [0.15, 0.2) is 4.99 Å². The van der Waals surface area contributed by atoms with Gasteiger partial charge in [0.25, 0.3) is 0 Å². The standard InChI is InChI=1S/C20H37N3O2/c1-3-21-18(22-14-19(2)9-5-4-8-17(19)24)23-12-6-10-20(15-23)11-7-13-25-16-20/h17,24H,3-16H2,1-2H3,(H,21,22). The second-order valence-electron chi connectivity index (χ2n) is 8.77. The summed E-state index contributed by atoms with van der Waals surface area (Å²) in [5.41, 5.74) is 0.251. The van der Waals surface area contributed by atoms with Gasteiger partial charge in [-0.2, -0.15) is 0 Å². The molecule has 5 heteroatoms. The minimum atomic E-state index is -0.215. The number of rotatable bonds is 3. The lowest BCUT2D eigenvalue weighted by atomic mass is 9.73. The van der Waals surface area contributed by atoms with Crippen molar-refractivity contribution >= 4 is 5.96 Å². The summed E-state index contributed by atoms with van der Waals surface area (Å²) in [6, 6.07) is 0. The summed E-state index contributed by atoms with van der Waals surface area (Å²) in [5, 5.41) is 14.0. The van der Waals surface area contributed by atoms with Gasteiger partial charge in [0.15, 0.2) is 5.96 Å². The number of hydrogen-bond donors (Lipinski definition) is 2. The Bertz CT molecular complexity index is 456. The van der Waals surface area contributed by atoms with Crippen molar-refractivity contribution in [3.8, 4) is 0 Å². The minimum absolute atomic E-state index is 0.0691. The number of hydrogen-bond acceptors (Lipinski definition) is 3. The Kier molecular flexibility index (Phi) is 6.26. The Morgan fingerprint density at radius 2 is 2.08 bits per heavy atom. The lowest BCUT2D eigenvalue weighted by molar-refractivity contribution is -0.0372. The number of aliphatic hydroxyl groups is 1. The van der Waals surface area contributed by atoms with Crippen molar-refractivity contribution in [3.05, 3.63) is 0 Å². The zero-order valence-corrected chi connectivity index (χ0v) is 16.2. The summed E-state index contributed by atoms with van der Waals surface area (Å²) < 4.78 is 5.82. The molecule has 1 aliphatic carbocycles. The van der Waals surface area contributed by atoms with Crippen molar-refractivity contribution in [2.24, 2.45) is 15.8 Å². The molecule has 2 aliphatic heterocycles. The van der Waals surface area contributed by atoms with Crippen LogP contribution in [-0.4, -0.2) is 61.5 Å². The first-order chi connectivity index (χ1) is 12.1. The molecule has 3 aliphatic rings. The summed E-state index contributed by atoms with van der Waals surface area (Å²) in [5.74, 6) is 1.03. The first-order valence-electron chi connectivity index (χ1n) is 10.4. The number of aliphatic hydroxyl groups excluding tert-OH is 1. The maximum absolute atomic E-state index is 10.5. The molecule has 144 valence electrons. The van der Waals surface area contributed by atoms with Gasteiger partial charge in [-0.25, -0.2) is 0 Å². The number of likely N-dealkylation sites (tertiary alicyclic amines) is 1. The Morgan fingerprint density at radius 1 is 1.24 bits per heavy atom. The largest absolute Gasteiger partial charge is 0.392 e. The average Bonchev–Trinajstić information content (AvgIpc) is 2.62. The van der Waals surface area contributed by atoms with E-state index in [1.807, 2.05) is 0 Å². The van der Waals surface area contributed by atoms with Gasteiger partial charge in [-0.05, 0) is 45.4 Å². The van der Waals surface area contributed by atoms with Crippen LogP contribution in [-0.2, 0) is 4.74 Å². The highest BCUT2D eigenvalue weighted by atomic mass is 16.5. The van der Waals surface area contributed by atoms with Gasteiger partial charge in [-0.1, -0.05) is 19.8 Å². The molecule has 3 unspecified atom stereocenters. The number of guanidine groups is 1. The van der Waals surface area contributed by atoms with Gasteiger partial charge in [0.1, 0.15) is 0 Å². The second-order valence-corrected chi connectivity index (χ2v) is 8.77. The highest BCUT2D eigenvalue weighted by molar-refractivity contribution is 5.80. The Hall–Kier alpha value is -0.810. The summed E-state index contributed by atoms with van der Waals surface area (Å²) in [4.78, 5) is 7.44. The Labute approximate surface area is 153 Å². The molecule has 2 N–H and O–H groups in total. The van der Waals surface area contributed by atoms with E-state index in [0.717, 1.165) is 64.6 Å². The summed E-state index contributed by atoms with van der Waals surface area (Å²) >= 11 is 0. The lowest BCUT2D eigenvalue weighted by Gasteiger charge is -2.46. The molecule has 3 rings (SSSR count). The zero-order valence-electron chi connectivity index (χ0n) is 16.2. The monoisotopic (exact) mass is 351 g/mol. The van der Waals surface area contributed by atoms with E-state index in [4.69, 9.17) is 9.73 Å². The van der Waals surface area contributed by atoms with Gasteiger partial charge < -0.3 is 20.1 Å². The molecule has 1 spiro atoms. The van der Waals surface area contributed by atoms with Gasteiger partial charge in [0, 0.05) is 37.1 Å². The van der Waals surface area contributed by atoms with E-state index in [1.165, 1.54) is 32.1 Å². The fourth-order valence-corrected chi connectivity index (χ4v) is 4.87. The molecule has 0 radical (unpaired) electrons. The number of ether oxygens (including phenoxy) is 1. The van der Waals surface area contributed by atoms with Gasteiger partial charge in [0.05, 0.1) is 19.3 Å². The maximum atomic E-state index is 10.5. The van der Waals surface area contributed by atoms with Crippen molar-refractivity contribution in [2.45, 2.75) is 71.3 Å². The fourth-order valence-electron chi connectivity index (χ4n) is 4.87. The van der Waals surface area contributed by atoms with Crippen LogP contribution in [0.5, 0.6) is 0 Å². The molecule has 0 bridgehead atoms. The molecule has 2 heterocycles. The van der Waals surface area contributed by atoms with E-state index in [2.05, 4.69) is 24.1 Å². The van der Waals surface area contributed by atoms with Gasteiger partial charge >= 0.3 is 0 Å². The van der Waals surface area contributed by atoms with Crippen LogP contribution in [0.4, 0.5) is 0 Å². The van der Waals surface area contributed by atoms with Gasteiger partial charge in [-0.15, -0.1) is 0 Å². The zero-order chi connectivity index (χ0) is 17.8. The van der Waals surface area contributed by atoms with E-state index in [-0.39, 0.29) is 11.5 Å². The quantitative estimate of drug-likeness (QED) is 0.606. The van der Waals surface area contributed by atoms with Crippen molar-refractivity contribution < 1.29 is 9.84 Å². The number of nitrogens with one attached hydrogen (secondary N) is 1. The second kappa shape index (κ2) is 8.26. The highest BCUT2D eigenvalue weighted by Crippen LogP contribution is 2.38. The molecule has 1 saturated carbocycles. The van der Waals surface area contributed by atoms with E-state index in [1.54, 1.807) is 0 Å². The van der Waals surface area contributed by atoms with Crippen LogP contribution in [0, 0.1) is 10.8 Å². The third-order valence-corrected chi connectivity index (χ3v) is 6.57. The Morgan fingerprint density at radius 3 is 2.80 bits per heavy atom. The molecule has 0 amide bonds. The van der Waals surface area contributed by atoms with Crippen LogP contribution >= 0.6 is 0 Å². The van der Waals surface area contributed by atoms with Crippen LogP contribution < -0.4 is 5.32 Å². The lowest BCUT2D eigenvalue weighted by Crippen LogP contribution is -2.53. The third kappa shape index (κ3) is 4.48. The van der Waals surface area contributed by atoms with Crippen molar-refractivity contribution in [2.75, 3.05) is 39.4 Å². The van der Waals surface area contributed by atoms with Gasteiger partial charge in [0.2, 0.25) is 0 Å². The van der Waals surface area contributed by atoms with E-state index in [0.29, 0.717) is 5.41 Å². The van der Waals surface area contributed by atoms with Crippen LogP contribution in [0.2, 0.25) is 0 Å². The summed E-state index contributed by atoms with van der Waals surface area (Å²) in [6.07, 6.45) is 9.10.